The van der Waals surface area contributed by atoms with Gasteiger partial charge in [0.15, 0.2) is 0 Å². The second-order valence-corrected chi connectivity index (χ2v) is 27.3. The zero-order valence-electron chi connectivity index (χ0n) is 63.1. The van der Waals surface area contributed by atoms with E-state index >= 15 is 0 Å². The second-order valence-electron chi connectivity index (χ2n) is 27.3. The van der Waals surface area contributed by atoms with Crippen molar-refractivity contribution in [2.45, 2.75) is 26.2 Å². The molecule has 100 heavy (non-hydrogen) atoms. The predicted molar refractivity (Wildman–Crippen MR) is 424 cm³/mol. The molecule has 0 radical (unpaired) electrons. The van der Waals surface area contributed by atoms with Gasteiger partial charge < -0.3 is 23.5 Å². The summed E-state index contributed by atoms with van der Waals surface area (Å²) < 4.78 is 81.7. The molecule has 0 amide bonds. The lowest BCUT2D eigenvalue weighted by Crippen LogP contribution is -2.61. The van der Waals surface area contributed by atoms with Crippen LogP contribution in [-0.4, -0.2) is 20.4 Å². The second kappa shape index (κ2) is 22.5. The van der Waals surface area contributed by atoms with Gasteiger partial charge in [0.2, 0.25) is 0 Å². The van der Waals surface area contributed by atoms with Crippen LogP contribution in [-0.2, 0) is 5.41 Å². The molecular weight excluding hydrogens is 1210 g/mol. The highest BCUT2D eigenvalue weighted by Gasteiger charge is 2.46. The summed E-state index contributed by atoms with van der Waals surface area (Å²) >= 11 is 0. The number of nitrogens with zero attached hydrogens (tertiary/aromatic N) is 5. The van der Waals surface area contributed by atoms with Crippen LogP contribution in [0.3, 0.4) is 0 Å². The number of para-hydroxylation sites is 7. The molecule has 0 N–H and O–H groups in total. The number of fused-ring (bicyclic) bond motifs is 13. The summed E-state index contributed by atoms with van der Waals surface area (Å²) in [6.45, 7) is 6.34. The van der Waals surface area contributed by atoms with Gasteiger partial charge in [-0.2, -0.15) is 0 Å². The van der Waals surface area contributed by atoms with Crippen molar-refractivity contribution in [3.63, 3.8) is 0 Å². The van der Waals surface area contributed by atoms with Crippen molar-refractivity contribution in [1.82, 2.24) is 13.7 Å². The van der Waals surface area contributed by atoms with E-state index in [0.29, 0.717) is 5.69 Å². The average Bonchev–Trinajstić information content (AvgIpc) is 0.740. The largest absolute Gasteiger partial charge is 0.310 e. The molecule has 3 aromatic heterocycles. The molecular formula is C94H66BN5. The summed E-state index contributed by atoms with van der Waals surface area (Å²) in [5.74, 6) is 0. The maximum absolute atomic E-state index is 9.80. The number of hydrogen-bond acceptors (Lipinski definition) is 2. The van der Waals surface area contributed by atoms with Crippen molar-refractivity contribution in [1.29, 1.82) is 0 Å². The molecule has 15 aromatic carbocycles. The number of rotatable bonds is 9. The van der Waals surface area contributed by atoms with Crippen LogP contribution in [0.5, 0.6) is 0 Å². The van der Waals surface area contributed by atoms with Crippen LogP contribution in [0.2, 0.25) is 0 Å². The predicted octanol–water partition coefficient (Wildman–Crippen LogP) is 23.0. The van der Waals surface area contributed by atoms with Crippen molar-refractivity contribution < 1.29 is 11.0 Å². The third kappa shape index (κ3) is 8.76. The SMILES string of the molecule is [2H]c1c([2H])c([2H])c2c(c1[2H])c1c([2H])c([2H])c([2H])c([2H])c1n2-c1ccc2c(c1)N(c1c(-c3ccccc3)cccc1-c1ccccc1)c1cc(C(C)(C)C)cc3c1B2c1ccc(-n2c4ccccc4c4cc5c(cc42)c2ccccc2n5-c2ccccc2)cc1N3c1c(-c2ccccc2)cccc1-c1ccccc1. The summed E-state index contributed by atoms with van der Waals surface area (Å²) in [5, 5.41) is 4.56. The fourth-order valence-corrected chi connectivity index (χ4v) is 16.4. The Morgan fingerprint density at radius 3 is 1.05 bits per heavy atom. The van der Waals surface area contributed by atoms with E-state index in [1.165, 1.54) is 0 Å². The van der Waals surface area contributed by atoms with Crippen molar-refractivity contribution in [2.75, 3.05) is 9.80 Å². The summed E-state index contributed by atoms with van der Waals surface area (Å²) in [5.41, 5.74) is 24.1. The van der Waals surface area contributed by atoms with Crippen LogP contribution in [0, 0.1) is 0 Å². The fraction of sp³-hybridized carbons (Fsp3) is 0.0426. The van der Waals surface area contributed by atoms with Crippen LogP contribution < -0.4 is 26.2 Å². The molecule has 0 unspecified atom stereocenters. The summed E-state index contributed by atoms with van der Waals surface area (Å²) in [7, 11) is 0. The summed E-state index contributed by atoms with van der Waals surface area (Å²) in [6.07, 6.45) is 0. The van der Waals surface area contributed by atoms with Gasteiger partial charge in [-0.15, -0.1) is 0 Å². The molecule has 0 bridgehead atoms. The lowest BCUT2D eigenvalue weighted by Gasteiger charge is -2.46. The normalized spacial score (nSPS) is 13.8. The van der Waals surface area contributed by atoms with Gasteiger partial charge in [-0.25, -0.2) is 0 Å². The molecule has 6 heteroatoms. The van der Waals surface area contributed by atoms with Crippen LogP contribution in [0.1, 0.15) is 37.3 Å². The molecule has 5 nitrogen and oxygen atoms in total. The lowest BCUT2D eigenvalue weighted by atomic mass is 9.33. The Kier molecular flexibility index (Phi) is 11.2. The monoisotopic (exact) mass is 1280 g/mol. The summed E-state index contributed by atoms with van der Waals surface area (Å²) in [6, 6.07) is 103. The Labute approximate surface area is 592 Å². The van der Waals surface area contributed by atoms with Gasteiger partial charge in [-0.1, -0.05) is 281 Å². The molecule has 18 aromatic rings. The van der Waals surface area contributed by atoms with Gasteiger partial charge in [-0.05, 0) is 135 Å². The molecule has 0 fully saturated rings. The third-order valence-corrected chi connectivity index (χ3v) is 20.8. The molecule has 0 saturated heterocycles. The summed E-state index contributed by atoms with van der Waals surface area (Å²) in [4.78, 5) is 5.00. The minimum Gasteiger partial charge on any atom is -0.310 e. The molecule has 470 valence electrons. The first-order valence-electron chi connectivity index (χ1n) is 38.2. The van der Waals surface area contributed by atoms with E-state index in [4.69, 9.17) is 2.74 Å². The number of benzene rings is 15. The first kappa shape index (κ1) is 49.8. The van der Waals surface area contributed by atoms with Crippen LogP contribution in [0.25, 0.3) is 127 Å². The van der Waals surface area contributed by atoms with Crippen LogP contribution in [0.15, 0.2) is 346 Å². The van der Waals surface area contributed by atoms with Crippen LogP contribution in [0.4, 0.5) is 34.1 Å². The lowest BCUT2D eigenvalue weighted by molar-refractivity contribution is 0.590. The zero-order valence-corrected chi connectivity index (χ0v) is 55.1. The molecule has 0 aliphatic carbocycles. The van der Waals surface area contributed by atoms with E-state index in [0.717, 1.165) is 156 Å². The van der Waals surface area contributed by atoms with Gasteiger partial charge >= 0.3 is 0 Å². The standard InChI is InChI=1S/C94H66BN5/c1-94(2,3)65-55-89-91-90(56-65)100(93-71(63-33-13-6-14-34-63)45-28-46-72(93)64-35-15-7-16-36-64)88-58-68(98-84-50-26-22-42-76(84)78-59-85-77(60-86(78)98)75-41-21-25-49-83(75)96(85)66-37-17-8-18-38-66)52-54-80(88)95(91)79-53-51-67(97-81-47-23-19-39-73(81)74-40-20-24-48-82(74)97)57-87(79)99(89)92-69(61-29-9-4-10-30-61)43-27-44-70(92)62-31-11-5-12-32-62/h4-60H,1-3H3/i19D,20D,23D,24D,39D,40D,47D,48D. The molecule has 0 spiro atoms. The quantitative estimate of drug-likeness (QED) is 0.134. The van der Waals surface area contributed by atoms with E-state index in [1.807, 2.05) is 18.2 Å². The van der Waals surface area contributed by atoms with E-state index in [-0.39, 0.29) is 33.9 Å². The molecule has 0 atom stereocenters. The zero-order chi connectivity index (χ0) is 73.3. The number of hydrogen-bond donors (Lipinski definition) is 0. The number of anilines is 6. The van der Waals surface area contributed by atoms with Crippen molar-refractivity contribution in [3.05, 3.63) is 351 Å². The minimum atomic E-state index is -0.498. The molecule has 5 heterocycles. The number of aromatic nitrogens is 3. The highest BCUT2D eigenvalue weighted by Crippen LogP contribution is 2.55. The van der Waals surface area contributed by atoms with Crippen molar-refractivity contribution in [2.24, 2.45) is 0 Å². The molecule has 0 saturated carbocycles. The van der Waals surface area contributed by atoms with E-state index in [2.05, 4.69) is 319 Å². The van der Waals surface area contributed by atoms with E-state index < -0.39 is 48.4 Å². The Bertz CT molecular complexity index is 6640. The Balaban J connectivity index is 0.954. The molecule has 20 rings (SSSR count). The molecule has 2 aliphatic heterocycles. The fourth-order valence-electron chi connectivity index (χ4n) is 16.4. The minimum absolute atomic E-state index is 0.0116. The van der Waals surface area contributed by atoms with Crippen molar-refractivity contribution in [3.8, 4) is 61.6 Å². The topological polar surface area (TPSA) is 21.3 Å². The van der Waals surface area contributed by atoms with Gasteiger partial charge in [0.05, 0.1) is 55.4 Å². The smallest absolute Gasteiger partial charge is 0.252 e. The highest BCUT2D eigenvalue weighted by atomic mass is 15.2. The Morgan fingerprint density at radius 1 is 0.280 bits per heavy atom. The van der Waals surface area contributed by atoms with Gasteiger partial charge in [0.1, 0.15) is 0 Å². The maximum Gasteiger partial charge on any atom is 0.252 e. The Morgan fingerprint density at radius 2 is 0.640 bits per heavy atom. The molecule has 2 aliphatic rings. The van der Waals surface area contributed by atoms with Crippen molar-refractivity contribution >= 4 is 123 Å². The van der Waals surface area contributed by atoms with E-state index in [1.54, 1.807) is 4.57 Å². The first-order valence-corrected chi connectivity index (χ1v) is 34.2. The average molecular weight is 1280 g/mol. The van der Waals surface area contributed by atoms with Gasteiger partial charge in [-0.3, -0.25) is 0 Å². The third-order valence-electron chi connectivity index (χ3n) is 20.8. The van der Waals surface area contributed by atoms with Gasteiger partial charge in [0.25, 0.3) is 6.71 Å². The Hall–Kier alpha value is -12.6. The maximum atomic E-state index is 9.80. The van der Waals surface area contributed by atoms with Crippen LogP contribution >= 0.6 is 0 Å². The first-order chi connectivity index (χ1) is 52.6. The van der Waals surface area contributed by atoms with E-state index in [9.17, 15) is 8.22 Å². The highest BCUT2D eigenvalue weighted by molar-refractivity contribution is 7.00. The van der Waals surface area contributed by atoms with Gasteiger partial charge in [0, 0.05) is 94.4 Å².